The molecule has 1 aliphatic rings. The highest BCUT2D eigenvalue weighted by atomic mass is 19.1. The minimum absolute atomic E-state index is 0.0828. The maximum atomic E-state index is 12.9. The van der Waals surface area contributed by atoms with Crippen molar-refractivity contribution in [2.24, 2.45) is 0 Å². The van der Waals surface area contributed by atoms with Gasteiger partial charge in [0.05, 0.1) is 33.7 Å². The third kappa shape index (κ3) is 9.98. The van der Waals surface area contributed by atoms with Crippen molar-refractivity contribution < 1.29 is 42.1 Å². The van der Waals surface area contributed by atoms with Gasteiger partial charge in [-0.1, -0.05) is 55.1 Å². The van der Waals surface area contributed by atoms with Crippen LogP contribution in [0.2, 0.25) is 0 Å². The fourth-order valence-corrected chi connectivity index (χ4v) is 4.75. The summed E-state index contributed by atoms with van der Waals surface area (Å²) < 4.78 is 52.6. The number of benzene rings is 4. The molecule has 4 aromatic carbocycles. The van der Waals surface area contributed by atoms with Crippen molar-refractivity contribution in [3.05, 3.63) is 137 Å². The van der Waals surface area contributed by atoms with Crippen molar-refractivity contribution in [1.82, 2.24) is 0 Å². The zero-order valence-corrected chi connectivity index (χ0v) is 26.9. The lowest BCUT2D eigenvalue weighted by atomic mass is 9.98. The van der Waals surface area contributed by atoms with Crippen LogP contribution < -0.4 is 9.47 Å². The van der Waals surface area contributed by atoms with Crippen LogP contribution in [-0.2, 0) is 42.2 Å². The molecule has 0 aliphatic carbocycles. The Morgan fingerprint density at radius 3 is 1.74 bits per heavy atom. The minimum Gasteiger partial charge on any atom is -0.496 e. The van der Waals surface area contributed by atoms with Crippen LogP contribution in [0.3, 0.4) is 0 Å². The van der Waals surface area contributed by atoms with Crippen molar-refractivity contribution in [1.29, 1.82) is 0 Å². The Hall–Kier alpha value is -5.02. The van der Waals surface area contributed by atoms with Crippen LogP contribution in [0.5, 0.6) is 11.5 Å². The molecule has 0 amide bonds. The molecule has 1 aliphatic heterocycles. The predicted molar refractivity (Wildman–Crippen MR) is 174 cm³/mol. The summed E-state index contributed by atoms with van der Waals surface area (Å²) in [5, 5.41) is 0. The van der Waals surface area contributed by atoms with Gasteiger partial charge in [-0.05, 0) is 78.1 Å². The summed E-state index contributed by atoms with van der Waals surface area (Å²) in [5.74, 6) is 0.00365. The quantitative estimate of drug-likeness (QED) is 0.120. The van der Waals surface area contributed by atoms with E-state index in [1.807, 2.05) is 50.2 Å². The van der Waals surface area contributed by atoms with E-state index in [1.54, 1.807) is 38.5 Å². The second-order valence-electron chi connectivity index (χ2n) is 11.2. The molecule has 0 radical (unpaired) electrons. The average Bonchev–Trinajstić information content (AvgIpc) is 3.86. The molecule has 7 nitrogen and oxygen atoms in total. The Labute approximate surface area is 273 Å². The average molecular weight is 645 g/mol. The molecule has 1 heterocycles. The highest BCUT2D eigenvalue weighted by molar-refractivity contribution is 5.76. The molecule has 1 fully saturated rings. The molecule has 0 bridgehead atoms. The van der Waals surface area contributed by atoms with Gasteiger partial charge < -0.3 is 23.7 Å². The molecular weight excluding hydrogens is 606 g/mol. The normalized spacial score (nSPS) is 14.7. The Morgan fingerprint density at radius 1 is 0.745 bits per heavy atom. The lowest BCUT2D eigenvalue weighted by Crippen LogP contribution is -2.22. The minimum atomic E-state index is -0.627. The predicted octanol–water partition coefficient (Wildman–Crippen LogP) is 7.10. The first-order valence-corrected chi connectivity index (χ1v) is 14.9. The molecular formula is C38H38F2O7. The van der Waals surface area contributed by atoms with Gasteiger partial charge in [-0.25, -0.2) is 8.78 Å². The Kier molecular flexibility index (Phi) is 11.9. The number of halogens is 2. The van der Waals surface area contributed by atoms with Crippen LogP contribution in [0.15, 0.2) is 91.5 Å². The van der Waals surface area contributed by atoms with E-state index in [4.69, 9.17) is 23.7 Å². The van der Waals surface area contributed by atoms with Gasteiger partial charge in [0, 0.05) is 11.1 Å². The topological polar surface area (TPSA) is 83.6 Å². The van der Waals surface area contributed by atoms with Crippen LogP contribution in [0.25, 0.3) is 5.57 Å². The van der Waals surface area contributed by atoms with Crippen molar-refractivity contribution >= 4 is 17.5 Å². The zero-order chi connectivity index (χ0) is 34.0. The summed E-state index contributed by atoms with van der Waals surface area (Å²) in [4.78, 5) is 23.9. The molecule has 4 aromatic rings. The van der Waals surface area contributed by atoms with E-state index >= 15 is 0 Å². The summed E-state index contributed by atoms with van der Waals surface area (Å²) in [6, 6.07) is 23.1. The second-order valence-corrected chi connectivity index (χ2v) is 11.2. The van der Waals surface area contributed by atoms with Gasteiger partial charge in [-0.15, -0.1) is 0 Å². The van der Waals surface area contributed by atoms with Gasteiger partial charge in [-0.3, -0.25) is 9.59 Å². The third-order valence-electron chi connectivity index (χ3n) is 7.48. The molecule has 47 heavy (non-hydrogen) atoms. The van der Waals surface area contributed by atoms with Crippen LogP contribution >= 0.6 is 0 Å². The smallest absolute Gasteiger partial charge is 0.310 e. The Balaban J connectivity index is 0.000000213. The number of aryl methyl sites for hydroxylation is 2. The van der Waals surface area contributed by atoms with E-state index in [0.29, 0.717) is 29.1 Å². The Morgan fingerprint density at radius 2 is 1.23 bits per heavy atom. The van der Waals surface area contributed by atoms with E-state index in [0.717, 1.165) is 28.0 Å². The number of esters is 2. The molecule has 0 N–H and O–H groups in total. The van der Waals surface area contributed by atoms with E-state index in [2.05, 4.69) is 6.58 Å². The molecule has 1 unspecified atom stereocenters. The zero-order valence-electron chi connectivity index (χ0n) is 26.9. The standard InChI is InChI=1S/C19H19FO4.C19H19FO3/c1-13-3-8-16(17(9-13)22-2)19(12-24-19)11-23-18(21)10-14-4-6-15(20)7-5-14;1-13-4-9-17(18(10-13)22-3)14(2)12-23-19(21)11-15-5-7-16(20)8-6-15/h3-9H,10-12H2,1-2H3;4-10H,2,11-12H2,1,3H3. The summed E-state index contributed by atoms with van der Waals surface area (Å²) in [6.45, 7) is 8.60. The highest BCUT2D eigenvalue weighted by Crippen LogP contribution is 2.43. The van der Waals surface area contributed by atoms with E-state index in [1.165, 1.54) is 24.3 Å². The van der Waals surface area contributed by atoms with E-state index < -0.39 is 5.60 Å². The fourth-order valence-electron chi connectivity index (χ4n) is 4.75. The monoisotopic (exact) mass is 644 g/mol. The summed E-state index contributed by atoms with van der Waals surface area (Å²) >= 11 is 0. The lowest BCUT2D eigenvalue weighted by molar-refractivity contribution is -0.145. The number of rotatable bonds is 12. The van der Waals surface area contributed by atoms with Crippen molar-refractivity contribution in [3.63, 3.8) is 0 Å². The first-order valence-electron chi connectivity index (χ1n) is 14.9. The number of ether oxygens (including phenoxy) is 5. The van der Waals surface area contributed by atoms with E-state index in [-0.39, 0.29) is 49.6 Å². The first-order chi connectivity index (χ1) is 22.5. The van der Waals surface area contributed by atoms with Gasteiger partial charge in [-0.2, -0.15) is 0 Å². The number of hydrogen-bond acceptors (Lipinski definition) is 7. The molecule has 5 rings (SSSR count). The van der Waals surface area contributed by atoms with Gasteiger partial charge in [0.25, 0.3) is 0 Å². The number of carbonyl (C=O) groups excluding carboxylic acids is 2. The summed E-state index contributed by atoms with van der Waals surface area (Å²) in [6.07, 6.45) is 0.194. The van der Waals surface area contributed by atoms with Gasteiger partial charge >= 0.3 is 11.9 Å². The van der Waals surface area contributed by atoms with Crippen molar-refractivity contribution in [2.75, 3.05) is 34.0 Å². The van der Waals surface area contributed by atoms with Gasteiger partial charge in [0.15, 0.2) is 5.60 Å². The highest BCUT2D eigenvalue weighted by Gasteiger charge is 2.49. The second kappa shape index (κ2) is 16.0. The van der Waals surface area contributed by atoms with Crippen LogP contribution in [0.1, 0.15) is 33.4 Å². The first kappa shape index (κ1) is 34.8. The maximum absolute atomic E-state index is 12.9. The van der Waals surface area contributed by atoms with Crippen molar-refractivity contribution in [3.8, 4) is 11.5 Å². The fraction of sp³-hybridized carbons (Fsp3) is 0.263. The molecule has 246 valence electrons. The van der Waals surface area contributed by atoms with Gasteiger partial charge in [0.1, 0.15) is 36.3 Å². The SMILES string of the molecule is C=C(COC(=O)Cc1ccc(F)cc1)c1ccc(C)cc1OC.COc1cc(C)ccc1C1(COC(=O)Cc2ccc(F)cc2)CO1. The molecule has 0 saturated carbocycles. The molecule has 1 atom stereocenters. The Bertz CT molecular complexity index is 1690. The number of epoxide rings is 1. The molecule has 0 aromatic heterocycles. The largest absolute Gasteiger partial charge is 0.496 e. The molecule has 9 heteroatoms. The van der Waals surface area contributed by atoms with Crippen LogP contribution in [0, 0.1) is 25.5 Å². The molecule has 1 saturated heterocycles. The van der Waals surface area contributed by atoms with Crippen LogP contribution in [0.4, 0.5) is 8.78 Å². The number of methoxy groups -OCH3 is 2. The van der Waals surface area contributed by atoms with Crippen LogP contribution in [-0.4, -0.2) is 46.0 Å². The number of hydrogen-bond donors (Lipinski definition) is 0. The lowest BCUT2D eigenvalue weighted by Gasteiger charge is -2.16. The van der Waals surface area contributed by atoms with E-state index in [9.17, 15) is 18.4 Å². The van der Waals surface area contributed by atoms with Gasteiger partial charge in [0.2, 0.25) is 0 Å². The maximum Gasteiger partial charge on any atom is 0.310 e. The summed E-state index contributed by atoms with van der Waals surface area (Å²) in [7, 11) is 3.20. The summed E-state index contributed by atoms with van der Waals surface area (Å²) in [5.41, 5.74) is 5.30. The van der Waals surface area contributed by atoms with Crippen molar-refractivity contribution in [2.45, 2.75) is 32.3 Å². The number of carbonyl (C=O) groups is 2. The third-order valence-corrected chi connectivity index (χ3v) is 7.48. The molecule has 0 spiro atoms.